The van der Waals surface area contributed by atoms with Crippen LogP contribution in [0.5, 0.6) is 5.75 Å². The van der Waals surface area contributed by atoms with Crippen LogP contribution in [0.3, 0.4) is 0 Å². The number of benzene rings is 2. The van der Waals surface area contributed by atoms with Crippen molar-refractivity contribution in [1.82, 2.24) is 4.98 Å². The summed E-state index contributed by atoms with van der Waals surface area (Å²) in [5, 5.41) is 1.06. The van der Waals surface area contributed by atoms with Crippen LogP contribution in [0, 0.1) is 0 Å². The number of ether oxygens (including phenoxy) is 1. The van der Waals surface area contributed by atoms with E-state index in [-0.39, 0.29) is 0 Å². The fraction of sp³-hybridized carbons (Fsp3) is 0.111. The number of pyridine rings is 1. The molecule has 0 unspecified atom stereocenters. The van der Waals surface area contributed by atoms with E-state index in [4.69, 9.17) is 4.74 Å². The van der Waals surface area contributed by atoms with Crippen LogP contribution >= 0.6 is 15.9 Å². The summed E-state index contributed by atoms with van der Waals surface area (Å²) in [6, 6.07) is 15.8. The Hall–Kier alpha value is -2.20. The Bertz CT molecular complexity index is 813. The zero-order chi connectivity index (χ0) is 15.4. The van der Waals surface area contributed by atoms with E-state index in [1.165, 1.54) is 0 Å². The Morgan fingerprint density at radius 3 is 2.73 bits per heavy atom. The van der Waals surface area contributed by atoms with Crippen LogP contribution in [0.15, 0.2) is 64.2 Å². The Labute approximate surface area is 137 Å². The molecule has 3 rings (SSSR count). The van der Waals surface area contributed by atoms with Gasteiger partial charge in [0, 0.05) is 22.3 Å². The minimum atomic E-state index is 0.671. The van der Waals surface area contributed by atoms with Crippen LogP contribution in [0.1, 0.15) is 12.5 Å². The molecule has 0 atom stereocenters. The van der Waals surface area contributed by atoms with E-state index < -0.39 is 0 Å². The van der Waals surface area contributed by atoms with Crippen molar-refractivity contribution in [1.29, 1.82) is 0 Å². The lowest BCUT2D eigenvalue weighted by atomic mass is 10.2. The van der Waals surface area contributed by atoms with Crippen LogP contribution in [0.25, 0.3) is 10.9 Å². The second kappa shape index (κ2) is 6.71. The third kappa shape index (κ3) is 3.17. The predicted octanol–water partition coefficient (Wildman–Crippen LogP) is 5.15. The zero-order valence-electron chi connectivity index (χ0n) is 12.2. The highest BCUT2D eigenvalue weighted by molar-refractivity contribution is 9.10. The maximum absolute atomic E-state index is 5.43. The van der Waals surface area contributed by atoms with Gasteiger partial charge in [-0.25, -0.2) is 0 Å². The summed E-state index contributed by atoms with van der Waals surface area (Å²) in [6.45, 7) is 2.64. The van der Waals surface area contributed by atoms with Gasteiger partial charge in [-0.1, -0.05) is 22.0 Å². The molecule has 0 fully saturated rings. The zero-order valence-corrected chi connectivity index (χ0v) is 13.7. The maximum atomic E-state index is 5.43. The number of aliphatic imine (C=N–C) groups is 1. The van der Waals surface area contributed by atoms with Crippen molar-refractivity contribution in [2.24, 2.45) is 4.99 Å². The molecule has 0 N–H and O–H groups in total. The Kier molecular flexibility index (Phi) is 4.49. The molecule has 0 saturated carbocycles. The number of aromatic nitrogens is 1. The van der Waals surface area contributed by atoms with Gasteiger partial charge in [0.1, 0.15) is 5.75 Å². The van der Waals surface area contributed by atoms with Gasteiger partial charge in [-0.05, 0) is 55.0 Å². The Morgan fingerprint density at radius 2 is 1.95 bits per heavy atom. The van der Waals surface area contributed by atoms with E-state index in [0.717, 1.165) is 32.4 Å². The first-order valence-electron chi connectivity index (χ1n) is 7.08. The molecule has 0 spiro atoms. The van der Waals surface area contributed by atoms with Crippen LogP contribution in [0.2, 0.25) is 0 Å². The van der Waals surface area contributed by atoms with Crippen LogP contribution in [-0.4, -0.2) is 17.8 Å². The van der Waals surface area contributed by atoms with Gasteiger partial charge < -0.3 is 4.74 Å². The maximum Gasteiger partial charge on any atom is 0.119 e. The van der Waals surface area contributed by atoms with Crippen LogP contribution in [-0.2, 0) is 0 Å². The first kappa shape index (κ1) is 14.7. The average Bonchev–Trinajstić information content (AvgIpc) is 2.56. The molecular formula is C18H15BrN2O. The normalized spacial score (nSPS) is 11.2. The largest absolute Gasteiger partial charge is 0.494 e. The lowest BCUT2D eigenvalue weighted by Crippen LogP contribution is -1.91. The molecule has 110 valence electrons. The molecule has 22 heavy (non-hydrogen) atoms. The van der Waals surface area contributed by atoms with Gasteiger partial charge in [-0.3, -0.25) is 9.98 Å². The van der Waals surface area contributed by atoms with E-state index in [1.54, 1.807) is 6.20 Å². The lowest BCUT2D eigenvalue weighted by Gasteiger charge is -2.04. The highest BCUT2D eigenvalue weighted by Crippen LogP contribution is 2.30. The number of rotatable bonds is 4. The average molecular weight is 355 g/mol. The molecule has 0 bridgehead atoms. The molecule has 0 aliphatic rings. The molecule has 0 aliphatic heterocycles. The van der Waals surface area contributed by atoms with Gasteiger partial charge in [0.05, 0.1) is 17.8 Å². The van der Waals surface area contributed by atoms with E-state index >= 15 is 0 Å². The summed E-state index contributed by atoms with van der Waals surface area (Å²) in [7, 11) is 0. The van der Waals surface area contributed by atoms with Crippen LogP contribution in [0.4, 0.5) is 5.69 Å². The fourth-order valence-electron chi connectivity index (χ4n) is 2.19. The predicted molar refractivity (Wildman–Crippen MR) is 94.3 cm³/mol. The number of hydrogen-bond acceptors (Lipinski definition) is 3. The Morgan fingerprint density at radius 1 is 1.14 bits per heavy atom. The highest BCUT2D eigenvalue weighted by Gasteiger charge is 2.03. The van der Waals surface area contributed by atoms with E-state index in [9.17, 15) is 0 Å². The van der Waals surface area contributed by atoms with Gasteiger partial charge in [-0.2, -0.15) is 0 Å². The van der Waals surface area contributed by atoms with Crippen molar-refractivity contribution >= 4 is 38.7 Å². The van der Waals surface area contributed by atoms with Gasteiger partial charge >= 0.3 is 0 Å². The number of fused-ring (bicyclic) bond motifs is 1. The van der Waals surface area contributed by atoms with Crippen molar-refractivity contribution in [3.63, 3.8) is 0 Å². The number of nitrogens with zero attached hydrogens (tertiary/aromatic N) is 2. The third-order valence-electron chi connectivity index (χ3n) is 3.24. The molecule has 3 aromatic rings. The van der Waals surface area contributed by atoms with Crippen molar-refractivity contribution in [2.45, 2.75) is 6.92 Å². The SMILES string of the molecule is CCOc1ccc(C=Nc2ccc(Br)c3cccnc23)cc1. The summed E-state index contributed by atoms with van der Waals surface area (Å²) in [4.78, 5) is 9.00. The van der Waals surface area contributed by atoms with Crippen molar-refractivity contribution < 1.29 is 4.74 Å². The summed E-state index contributed by atoms with van der Waals surface area (Å²) >= 11 is 3.54. The quantitative estimate of drug-likeness (QED) is 0.607. The molecule has 3 nitrogen and oxygen atoms in total. The number of hydrogen-bond donors (Lipinski definition) is 0. The molecule has 0 radical (unpaired) electrons. The molecule has 2 aromatic carbocycles. The second-order valence-corrected chi connectivity index (χ2v) is 5.58. The van der Waals surface area contributed by atoms with Crippen molar-refractivity contribution in [3.05, 3.63) is 64.8 Å². The van der Waals surface area contributed by atoms with Gasteiger partial charge in [-0.15, -0.1) is 0 Å². The second-order valence-electron chi connectivity index (χ2n) is 4.73. The van der Waals surface area contributed by atoms with Gasteiger partial charge in [0.25, 0.3) is 0 Å². The first-order chi connectivity index (χ1) is 10.8. The summed E-state index contributed by atoms with van der Waals surface area (Å²) in [5.41, 5.74) is 2.77. The highest BCUT2D eigenvalue weighted by atomic mass is 79.9. The standard InChI is InChI=1S/C18H15BrN2O/c1-2-22-14-7-5-13(6-8-14)12-21-17-10-9-16(19)15-4-3-11-20-18(15)17/h3-12H,2H2,1H3. The van der Waals surface area contributed by atoms with E-state index in [1.807, 2.05) is 61.7 Å². The number of halogens is 1. The van der Waals surface area contributed by atoms with Gasteiger partial charge in [0.15, 0.2) is 0 Å². The topological polar surface area (TPSA) is 34.5 Å². The summed E-state index contributed by atoms with van der Waals surface area (Å²) < 4.78 is 6.46. The molecule has 0 saturated heterocycles. The first-order valence-corrected chi connectivity index (χ1v) is 7.87. The van der Waals surface area contributed by atoms with Crippen LogP contribution < -0.4 is 4.74 Å². The molecule has 0 aliphatic carbocycles. The third-order valence-corrected chi connectivity index (χ3v) is 3.93. The van der Waals surface area contributed by atoms with E-state index in [2.05, 4.69) is 25.9 Å². The minimum absolute atomic E-state index is 0.671. The molecular weight excluding hydrogens is 340 g/mol. The summed E-state index contributed by atoms with van der Waals surface area (Å²) in [6.07, 6.45) is 3.62. The Balaban J connectivity index is 1.91. The fourth-order valence-corrected chi connectivity index (χ4v) is 2.64. The van der Waals surface area contributed by atoms with Crippen molar-refractivity contribution in [2.75, 3.05) is 6.61 Å². The molecule has 0 amide bonds. The summed E-state index contributed by atoms with van der Waals surface area (Å²) in [5.74, 6) is 0.871. The minimum Gasteiger partial charge on any atom is -0.494 e. The molecule has 1 aromatic heterocycles. The molecule has 4 heteroatoms. The monoisotopic (exact) mass is 354 g/mol. The lowest BCUT2D eigenvalue weighted by molar-refractivity contribution is 0.340. The van der Waals surface area contributed by atoms with Crippen molar-refractivity contribution in [3.8, 4) is 5.75 Å². The molecule has 1 heterocycles. The van der Waals surface area contributed by atoms with Gasteiger partial charge in [0.2, 0.25) is 0 Å². The van der Waals surface area contributed by atoms with E-state index in [0.29, 0.717) is 6.61 Å². The smallest absolute Gasteiger partial charge is 0.119 e.